The molecule has 0 saturated carbocycles. The van der Waals surface area contributed by atoms with E-state index in [0.29, 0.717) is 0 Å². The Bertz CT molecular complexity index is 323. The molecule has 1 aromatic carbocycles. The molecule has 0 unspecified atom stereocenters. The van der Waals surface area contributed by atoms with Gasteiger partial charge in [0.15, 0.2) is 0 Å². The molecule has 0 aliphatic carbocycles. The third-order valence-corrected chi connectivity index (χ3v) is 3.19. The first-order valence-corrected chi connectivity index (χ1v) is 6.27. The van der Waals surface area contributed by atoms with Gasteiger partial charge in [0.25, 0.3) is 0 Å². The van der Waals surface area contributed by atoms with Crippen molar-refractivity contribution in [3.8, 4) is 0 Å². The molecule has 1 fully saturated rings. The molecule has 2 rings (SSSR count). The van der Waals surface area contributed by atoms with Gasteiger partial charge in [0.05, 0.1) is 0 Å². The smallest absolute Gasteiger partial charge is 0.0193 e. The van der Waals surface area contributed by atoms with E-state index in [1.807, 2.05) is 0 Å². The molecule has 1 nitrogen and oxygen atoms in total. The summed E-state index contributed by atoms with van der Waals surface area (Å²) in [6.07, 6.45) is 5.15. The van der Waals surface area contributed by atoms with Gasteiger partial charge in [0.2, 0.25) is 0 Å². The fraction of sp³-hybridized carbons (Fsp3) is 0.467. The van der Waals surface area contributed by atoms with Crippen LogP contribution in [0.3, 0.4) is 0 Å². The predicted molar refractivity (Wildman–Crippen MR) is 69.6 cm³/mol. The molecular weight excluding hydrogens is 194 g/mol. The van der Waals surface area contributed by atoms with Gasteiger partial charge in [-0.2, -0.15) is 0 Å². The largest absolute Gasteiger partial charge is 0.299 e. The van der Waals surface area contributed by atoms with Crippen LogP contribution in [-0.2, 0) is 6.42 Å². The lowest BCUT2D eigenvalue weighted by Gasteiger charge is -2.27. The molecule has 0 N–H and O–H groups in total. The van der Waals surface area contributed by atoms with E-state index in [4.69, 9.17) is 0 Å². The van der Waals surface area contributed by atoms with Crippen molar-refractivity contribution in [3.05, 3.63) is 48.0 Å². The maximum atomic E-state index is 4.20. The van der Waals surface area contributed by atoms with E-state index in [1.165, 1.54) is 43.5 Å². The van der Waals surface area contributed by atoms with Gasteiger partial charge in [-0.05, 0) is 37.9 Å². The molecule has 1 aliphatic heterocycles. The number of hydrogen-bond acceptors (Lipinski definition) is 1. The summed E-state index contributed by atoms with van der Waals surface area (Å²) in [6.45, 7) is 7.80. The first kappa shape index (κ1) is 11.4. The zero-order valence-corrected chi connectivity index (χ0v) is 9.99. The lowest BCUT2D eigenvalue weighted by molar-refractivity contribution is 0.245. The van der Waals surface area contributed by atoms with Gasteiger partial charge >= 0.3 is 0 Å². The van der Waals surface area contributed by atoms with Crippen molar-refractivity contribution in [1.82, 2.24) is 4.90 Å². The van der Waals surface area contributed by atoms with Crippen molar-refractivity contribution >= 4 is 0 Å². The molecule has 1 heteroatoms. The lowest BCUT2D eigenvalue weighted by atomic mass is 10.0. The number of likely N-dealkylation sites (tertiary alicyclic amines) is 1. The van der Waals surface area contributed by atoms with Gasteiger partial charge in [0, 0.05) is 6.54 Å². The van der Waals surface area contributed by atoms with Gasteiger partial charge in [-0.1, -0.05) is 48.9 Å². The summed E-state index contributed by atoms with van der Waals surface area (Å²) >= 11 is 0. The Morgan fingerprint density at radius 3 is 2.44 bits per heavy atom. The first-order valence-electron chi connectivity index (χ1n) is 6.27. The Labute approximate surface area is 98.8 Å². The van der Waals surface area contributed by atoms with Crippen LogP contribution >= 0.6 is 0 Å². The highest BCUT2D eigenvalue weighted by molar-refractivity contribution is 5.21. The van der Waals surface area contributed by atoms with E-state index in [0.717, 1.165) is 13.0 Å². The number of benzene rings is 1. The lowest BCUT2D eigenvalue weighted by Crippen LogP contribution is -2.31. The number of hydrogen-bond donors (Lipinski definition) is 0. The van der Waals surface area contributed by atoms with Crippen LogP contribution in [0.1, 0.15) is 24.8 Å². The normalized spacial score (nSPS) is 17.2. The topological polar surface area (TPSA) is 3.24 Å². The quantitative estimate of drug-likeness (QED) is 0.697. The molecular formula is C15H21N. The molecule has 1 saturated heterocycles. The monoisotopic (exact) mass is 215 g/mol. The molecule has 0 spiro atoms. The van der Waals surface area contributed by atoms with E-state index in [9.17, 15) is 0 Å². The van der Waals surface area contributed by atoms with Crippen molar-refractivity contribution in [1.29, 1.82) is 0 Å². The first-order chi connectivity index (χ1) is 7.84. The van der Waals surface area contributed by atoms with Gasteiger partial charge < -0.3 is 0 Å². The molecule has 0 bridgehead atoms. The second-order valence-corrected chi connectivity index (χ2v) is 4.75. The van der Waals surface area contributed by atoms with Crippen LogP contribution < -0.4 is 0 Å². The molecule has 0 amide bonds. The van der Waals surface area contributed by atoms with Crippen LogP contribution in [0.4, 0.5) is 0 Å². The Kier molecular flexibility index (Phi) is 4.17. The van der Waals surface area contributed by atoms with Crippen LogP contribution in [0.25, 0.3) is 0 Å². The molecule has 1 aromatic rings. The third kappa shape index (κ3) is 3.49. The average Bonchev–Trinajstić information content (AvgIpc) is 2.31. The van der Waals surface area contributed by atoms with E-state index in [2.05, 4.69) is 41.8 Å². The van der Waals surface area contributed by atoms with Crippen molar-refractivity contribution < 1.29 is 0 Å². The van der Waals surface area contributed by atoms with Crippen LogP contribution in [0.5, 0.6) is 0 Å². The molecule has 0 radical (unpaired) electrons. The minimum Gasteiger partial charge on any atom is -0.299 e. The second kappa shape index (κ2) is 5.86. The molecule has 1 heterocycles. The maximum absolute atomic E-state index is 4.20. The Hall–Kier alpha value is -1.08. The Morgan fingerprint density at radius 2 is 1.75 bits per heavy atom. The van der Waals surface area contributed by atoms with Crippen molar-refractivity contribution in [2.24, 2.45) is 0 Å². The van der Waals surface area contributed by atoms with E-state index in [-0.39, 0.29) is 0 Å². The zero-order valence-electron chi connectivity index (χ0n) is 9.99. The number of rotatable bonds is 4. The van der Waals surface area contributed by atoms with E-state index in [1.54, 1.807) is 0 Å². The van der Waals surface area contributed by atoms with Crippen molar-refractivity contribution in [3.63, 3.8) is 0 Å². The van der Waals surface area contributed by atoms with Crippen LogP contribution in [0.15, 0.2) is 42.5 Å². The van der Waals surface area contributed by atoms with Crippen molar-refractivity contribution in [2.75, 3.05) is 19.6 Å². The van der Waals surface area contributed by atoms with Gasteiger partial charge in [-0.25, -0.2) is 0 Å². The van der Waals surface area contributed by atoms with Crippen LogP contribution in [-0.4, -0.2) is 24.5 Å². The Balaban J connectivity index is 1.80. The molecule has 1 aliphatic rings. The third-order valence-electron chi connectivity index (χ3n) is 3.19. The second-order valence-electron chi connectivity index (χ2n) is 4.75. The molecule has 0 aromatic heterocycles. The standard InChI is InChI=1S/C15H21N/c1-14(12-15-8-4-2-5-9-15)13-16-10-6-3-7-11-16/h2,4-5,8-9H,1,3,6-7,10-13H2. The predicted octanol–water partition coefficient (Wildman–Crippen LogP) is 3.27. The highest BCUT2D eigenvalue weighted by atomic mass is 15.1. The average molecular weight is 215 g/mol. The van der Waals surface area contributed by atoms with E-state index < -0.39 is 0 Å². The SMILES string of the molecule is C=C(Cc1ccccc1)CN1CCCCC1. The highest BCUT2D eigenvalue weighted by Gasteiger charge is 2.10. The molecule has 86 valence electrons. The maximum Gasteiger partial charge on any atom is 0.0193 e. The molecule has 16 heavy (non-hydrogen) atoms. The van der Waals surface area contributed by atoms with Gasteiger partial charge in [-0.3, -0.25) is 4.90 Å². The summed E-state index contributed by atoms with van der Waals surface area (Å²) in [5.41, 5.74) is 2.72. The summed E-state index contributed by atoms with van der Waals surface area (Å²) in [5.74, 6) is 0. The van der Waals surface area contributed by atoms with Gasteiger partial charge in [0.1, 0.15) is 0 Å². The number of nitrogens with zero attached hydrogens (tertiary/aromatic N) is 1. The Morgan fingerprint density at radius 1 is 1.06 bits per heavy atom. The summed E-state index contributed by atoms with van der Waals surface area (Å²) < 4.78 is 0. The summed E-state index contributed by atoms with van der Waals surface area (Å²) in [5, 5.41) is 0. The zero-order chi connectivity index (χ0) is 11.2. The van der Waals surface area contributed by atoms with Crippen LogP contribution in [0.2, 0.25) is 0 Å². The van der Waals surface area contributed by atoms with Crippen LogP contribution in [0, 0.1) is 0 Å². The highest BCUT2D eigenvalue weighted by Crippen LogP contribution is 2.12. The fourth-order valence-corrected chi connectivity index (χ4v) is 2.37. The number of piperidine rings is 1. The summed E-state index contributed by atoms with van der Waals surface area (Å²) in [6, 6.07) is 10.6. The fourth-order valence-electron chi connectivity index (χ4n) is 2.37. The minimum absolute atomic E-state index is 1.03. The summed E-state index contributed by atoms with van der Waals surface area (Å²) in [4.78, 5) is 2.54. The van der Waals surface area contributed by atoms with Gasteiger partial charge in [-0.15, -0.1) is 0 Å². The molecule has 0 atom stereocenters. The van der Waals surface area contributed by atoms with Crippen molar-refractivity contribution in [2.45, 2.75) is 25.7 Å². The van der Waals surface area contributed by atoms with E-state index >= 15 is 0 Å². The summed E-state index contributed by atoms with van der Waals surface area (Å²) in [7, 11) is 0. The minimum atomic E-state index is 1.03.